The molecule has 2 aliphatic rings. The summed E-state index contributed by atoms with van der Waals surface area (Å²) >= 11 is 0. The molecule has 1 N–H and O–H groups in total. The van der Waals surface area contributed by atoms with Crippen LogP contribution in [0.1, 0.15) is 13.8 Å². The minimum absolute atomic E-state index is 0.0600. The SMILES string of the molecule is C=C(C)C(=O)OCC(O)COC1COC2C(C)COC12. The number of fused-ring (bicyclic) bond motifs is 1. The summed E-state index contributed by atoms with van der Waals surface area (Å²) in [5.41, 5.74) is 0.304. The number of ether oxygens (including phenoxy) is 4. The number of hydrogen-bond donors (Lipinski definition) is 1. The summed E-state index contributed by atoms with van der Waals surface area (Å²) in [6, 6.07) is 0. The molecule has 0 bridgehead atoms. The van der Waals surface area contributed by atoms with E-state index >= 15 is 0 Å². The smallest absolute Gasteiger partial charge is 0.333 e. The Kier molecular flexibility index (Phi) is 5.15. The number of aliphatic hydroxyl groups is 1. The van der Waals surface area contributed by atoms with Crippen LogP contribution in [-0.4, -0.2) is 61.9 Å². The number of esters is 1. The molecule has 5 atom stereocenters. The highest BCUT2D eigenvalue weighted by Gasteiger charge is 2.46. The Morgan fingerprint density at radius 3 is 2.75 bits per heavy atom. The standard InChI is InChI=1S/C14H22O6/c1-8(2)14(16)20-6-10(15)5-17-11-7-19-12-9(3)4-18-13(11)12/h9-13,15H,1,4-7H2,2-3H3. The van der Waals surface area contributed by atoms with E-state index in [4.69, 9.17) is 18.9 Å². The second kappa shape index (κ2) is 6.67. The predicted molar refractivity (Wildman–Crippen MR) is 70.2 cm³/mol. The average molecular weight is 286 g/mol. The van der Waals surface area contributed by atoms with Crippen LogP contribution in [0.25, 0.3) is 0 Å². The van der Waals surface area contributed by atoms with Gasteiger partial charge < -0.3 is 24.1 Å². The van der Waals surface area contributed by atoms with Crippen LogP contribution in [0.2, 0.25) is 0 Å². The number of carbonyl (C=O) groups is 1. The van der Waals surface area contributed by atoms with E-state index in [1.807, 2.05) is 0 Å². The van der Waals surface area contributed by atoms with Crippen molar-refractivity contribution in [2.75, 3.05) is 26.4 Å². The largest absolute Gasteiger partial charge is 0.460 e. The molecule has 2 heterocycles. The first-order chi connectivity index (χ1) is 9.49. The Bertz CT molecular complexity index is 369. The fraction of sp³-hybridized carbons (Fsp3) is 0.786. The first-order valence-electron chi connectivity index (χ1n) is 6.84. The number of rotatable bonds is 6. The van der Waals surface area contributed by atoms with Gasteiger partial charge in [0, 0.05) is 11.5 Å². The van der Waals surface area contributed by atoms with Crippen LogP contribution in [0.3, 0.4) is 0 Å². The molecular weight excluding hydrogens is 264 g/mol. The van der Waals surface area contributed by atoms with Gasteiger partial charge in [-0.15, -0.1) is 0 Å². The first-order valence-corrected chi connectivity index (χ1v) is 6.84. The van der Waals surface area contributed by atoms with Crippen LogP contribution < -0.4 is 0 Å². The zero-order valence-corrected chi connectivity index (χ0v) is 11.9. The van der Waals surface area contributed by atoms with Crippen molar-refractivity contribution in [3.63, 3.8) is 0 Å². The third-order valence-corrected chi connectivity index (χ3v) is 3.51. The molecule has 2 rings (SSSR count). The lowest BCUT2D eigenvalue weighted by Crippen LogP contribution is -2.34. The summed E-state index contributed by atoms with van der Waals surface area (Å²) in [6.07, 6.45) is -1.01. The lowest BCUT2D eigenvalue weighted by atomic mass is 10.0. The van der Waals surface area contributed by atoms with Crippen molar-refractivity contribution in [1.82, 2.24) is 0 Å². The molecule has 0 saturated carbocycles. The van der Waals surface area contributed by atoms with Crippen molar-refractivity contribution in [3.05, 3.63) is 12.2 Å². The minimum atomic E-state index is -0.865. The summed E-state index contributed by atoms with van der Waals surface area (Å²) < 4.78 is 21.7. The van der Waals surface area contributed by atoms with Crippen molar-refractivity contribution in [1.29, 1.82) is 0 Å². The van der Waals surface area contributed by atoms with E-state index in [-0.39, 0.29) is 31.5 Å². The van der Waals surface area contributed by atoms with Crippen molar-refractivity contribution in [2.45, 2.75) is 38.3 Å². The third-order valence-electron chi connectivity index (χ3n) is 3.51. The lowest BCUT2D eigenvalue weighted by molar-refractivity contribution is -0.144. The Balaban J connectivity index is 1.68. The van der Waals surface area contributed by atoms with E-state index in [1.165, 1.54) is 0 Å². The van der Waals surface area contributed by atoms with E-state index in [1.54, 1.807) is 6.92 Å². The van der Waals surface area contributed by atoms with Crippen molar-refractivity contribution in [2.24, 2.45) is 5.92 Å². The number of carbonyl (C=O) groups excluding carboxylic acids is 1. The van der Waals surface area contributed by atoms with E-state index in [2.05, 4.69) is 13.5 Å². The molecular formula is C14H22O6. The molecule has 2 saturated heterocycles. The van der Waals surface area contributed by atoms with Crippen molar-refractivity contribution < 1.29 is 28.8 Å². The molecule has 0 radical (unpaired) electrons. The van der Waals surface area contributed by atoms with Gasteiger partial charge in [0.2, 0.25) is 0 Å². The summed E-state index contributed by atoms with van der Waals surface area (Å²) in [4.78, 5) is 11.2. The molecule has 0 aliphatic carbocycles. The highest BCUT2D eigenvalue weighted by molar-refractivity contribution is 5.86. The Hall–Kier alpha value is -0.950. The van der Waals surface area contributed by atoms with Crippen molar-refractivity contribution >= 4 is 5.97 Å². The van der Waals surface area contributed by atoms with Gasteiger partial charge in [-0.3, -0.25) is 0 Å². The van der Waals surface area contributed by atoms with Gasteiger partial charge in [0.15, 0.2) is 0 Å². The van der Waals surface area contributed by atoms with Gasteiger partial charge >= 0.3 is 5.97 Å². The molecule has 0 amide bonds. The maximum absolute atomic E-state index is 11.2. The van der Waals surface area contributed by atoms with Crippen LogP contribution in [-0.2, 0) is 23.7 Å². The van der Waals surface area contributed by atoms with Crippen LogP contribution in [0.4, 0.5) is 0 Å². The molecule has 6 nitrogen and oxygen atoms in total. The van der Waals surface area contributed by atoms with Crippen LogP contribution in [0.15, 0.2) is 12.2 Å². The predicted octanol–water partition coefficient (Wildman–Crippen LogP) is 0.286. The molecule has 2 aliphatic heterocycles. The second-order valence-electron chi connectivity index (χ2n) is 5.48. The topological polar surface area (TPSA) is 74.2 Å². The third kappa shape index (κ3) is 3.58. The van der Waals surface area contributed by atoms with Crippen LogP contribution in [0, 0.1) is 5.92 Å². The highest BCUT2D eigenvalue weighted by atomic mass is 16.6. The molecule has 6 heteroatoms. The normalized spacial score (nSPS) is 33.8. The monoisotopic (exact) mass is 286 g/mol. The zero-order valence-electron chi connectivity index (χ0n) is 11.9. The lowest BCUT2D eigenvalue weighted by Gasteiger charge is -2.19. The van der Waals surface area contributed by atoms with Gasteiger partial charge in [0.05, 0.1) is 25.9 Å². The molecule has 114 valence electrons. The first kappa shape index (κ1) is 15.4. The van der Waals surface area contributed by atoms with E-state index in [9.17, 15) is 9.90 Å². The summed E-state index contributed by atoms with van der Waals surface area (Å²) in [5, 5.41) is 9.72. The highest BCUT2D eigenvalue weighted by Crippen LogP contribution is 2.32. The van der Waals surface area contributed by atoms with Gasteiger partial charge in [0.1, 0.15) is 24.9 Å². The van der Waals surface area contributed by atoms with Gasteiger partial charge in [-0.05, 0) is 6.92 Å². The molecule has 0 aromatic rings. The van der Waals surface area contributed by atoms with E-state index in [0.29, 0.717) is 24.7 Å². The molecule has 0 aromatic heterocycles. The van der Waals surface area contributed by atoms with Gasteiger partial charge in [-0.25, -0.2) is 4.79 Å². The molecule has 0 spiro atoms. The maximum atomic E-state index is 11.2. The quantitative estimate of drug-likeness (QED) is 0.558. The Morgan fingerprint density at radius 2 is 2.05 bits per heavy atom. The second-order valence-corrected chi connectivity index (χ2v) is 5.48. The number of hydrogen-bond acceptors (Lipinski definition) is 6. The molecule has 2 fully saturated rings. The fourth-order valence-electron chi connectivity index (χ4n) is 2.38. The Labute approximate surface area is 118 Å². The minimum Gasteiger partial charge on any atom is -0.460 e. The van der Waals surface area contributed by atoms with Crippen molar-refractivity contribution in [3.8, 4) is 0 Å². The molecule has 0 aromatic carbocycles. The van der Waals surface area contributed by atoms with Crippen LogP contribution >= 0.6 is 0 Å². The summed E-state index contributed by atoms with van der Waals surface area (Å²) in [7, 11) is 0. The molecule has 5 unspecified atom stereocenters. The average Bonchev–Trinajstić information content (AvgIpc) is 2.97. The van der Waals surface area contributed by atoms with Gasteiger partial charge in [0.25, 0.3) is 0 Å². The van der Waals surface area contributed by atoms with Gasteiger partial charge in [-0.2, -0.15) is 0 Å². The number of aliphatic hydroxyl groups excluding tert-OH is 1. The zero-order chi connectivity index (χ0) is 14.7. The van der Waals surface area contributed by atoms with E-state index < -0.39 is 12.1 Å². The summed E-state index contributed by atoms with van der Waals surface area (Å²) in [5.74, 6) is -0.142. The molecule has 20 heavy (non-hydrogen) atoms. The van der Waals surface area contributed by atoms with Crippen LogP contribution in [0.5, 0.6) is 0 Å². The van der Waals surface area contributed by atoms with Gasteiger partial charge in [-0.1, -0.05) is 13.5 Å². The fourth-order valence-corrected chi connectivity index (χ4v) is 2.38. The maximum Gasteiger partial charge on any atom is 0.333 e. The van der Waals surface area contributed by atoms with E-state index in [0.717, 1.165) is 0 Å². The Morgan fingerprint density at radius 1 is 1.35 bits per heavy atom. The summed E-state index contributed by atoms with van der Waals surface area (Å²) in [6.45, 7) is 8.22.